The Bertz CT molecular complexity index is 2430. The van der Waals surface area contributed by atoms with Gasteiger partial charge in [0.15, 0.2) is 0 Å². The van der Waals surface area contributed by atoms with Crippen LogP contribution in [0.3, 0.4) is 0 Å². The zero-order valence-electron chi connectivity index (χ0n) is 32.0. The largest absolute Gasteiger partial charge is 0.508 e. The molecule has 10 nitrogen and oxygen atoms in total. The number of phenols is 2. The Labute approximate surface area is 336 Å². The fraction of sp³-hybridized carbons (Fsp3) is 0.250. The highest BCUT2D eigenvalue weighted by molar-refractivity contribution is 6.13. The number of imide groups is 2. The normalized spacial score (nSPS) is 24.9. The molecular weight excluding hydrogens is 731 g/mol. The summed E-state index contributed by atoms with van der Waals surface area (Å²) in [6.45, 7) is 2.41. The summed E-state index contributed by atoms with van der Waals surface area (Å²) in [4.78, 5) is 60.3. The van der Waals surface area contributed by atoms with E-state index in [2.05, 4.69) is 5.43 Å². The maximum absolute atomic E-state index is 15.4. The molecule has 3 N–H and O–H groups in total. The number of carbonyl (C=O) groups is 4. The number of phenolic OH excluding ortho intramolecular Hbond substituents is 2. The van der Waals surface area contributed by atoms with Gasteiger partial charge in [-0.05, 0) is 79.1 Å². The first kappa shape index (κ1) is 36.9. The zero-order chi connectivity index (χ0) is 40.1. The van der Waals surface area contributed by atoms with Crippen molar-refractivity contribution in [1.29, 1.82) is 0 Å². The van der Waals surface area contributed by atoms with E-state index in [-0.39, 0.29) is 49.3 Å². The van der Waals surface area contributed by atoms with E-state index < -0.39 is 46.8 Å². The molecule has 3 fully saturated rings. The van der Waals surface area contributed by atoms with Gasteiger partial charge in [-0.1, -0.05) is 108 Å². The third-order valence-corrected chi connectivity index (χ3v) is 12.6. The van der Waals surface area contributed by atoms with Crippen LogP contribution in [-0.2, 0) is 37.6 Å². The Kier molecular flexibility index (Phi) is 9.35. The second kappa shape index (κ2) is 14.7. The molecule has 2 aliphatic carbocycles. The Balaban J connectivity index is 1.15. The molecule has 1 saturated carbocycles. The Morgan fingerprint density at radius 1 is 0.759 bits per heavy atom. The molecule has 5 aromatic carbocycles. The number of hydrogen-bond donors (Lipinski definition) is 3. The van der Waals surface area contributed by atoms with Gasteiger partial charge in [0.25, 0.3) is 11.8 Å². The monoisotopic (exact) mass is 773 g/mol. The average molecular weight is 774 g/mol. The standard InChI is InChI=1S/C48H43N3O7/c1-29-12-16-33(17-13-29)49-51-45(55)40-27-39-36(22-23-38-42(39)46(56)50(44(38)54)25-24-30-14-18-34(52)19-15-30)43(48(40,47(51)57)32-10-6-3-7-11-32)37-21-20-35(26-41(37)53)58-28-31-8-4-2-5-9-31/h2-22,26,38-40,42-43,49,52-53H,23-25,27-28H2,1H3. The van der Waals surface area contributed by atoms with Gasteiger partial charge in [0.05, 0.1) is 28.9 Å². The Morgan fingerprint density at radius 3 is 2.17 bits per heavy atom. The molecule has 0 bridgehead atoms. The summed E-state index contributed by atoms with van der Waals surface area (Å²) in [6.07, 6.45) is 2.83. The second-order valence-corrected chi connectivity index (χ2v) is 15.8. The molecule has 0 spiro atoms. The number of likely N-dealkylation sites (tertiary alicyclic amines) is 1. The van der Waals surface area contributed by atoms with Crippen LogP contribution in [0.25, 0.3) is 0 Å². The Hall–Kier alpha value is -6.68. The summed E-state index contributed by atoms with van der Waals surface area (Å²) in [5.74, 6) is -4.76. The van der Waals surface area contributed by atoms with Gasteiger partial charge in [-0.15, -0.1) is 0 Å². The molecule has 6 unspecified atom stereocenters. The maximum Gasteiger partial charge on any atom is 0.260 e. The van der Waals surface area contributed by atoms with Crippen molar-refractivity contribution in [2.45, 2.75) is 44.1 Å². The number of ether oxygens (including phenoxy) is 1. The number of anilines is 1. The molecule has 0 aromatic heterocycles. The Morgan fingerprint density at radius 2 is 1.47 bits per heavy atom. The lowest BCUT2D eigenvalue weighted by Gasteiger charge is -2.50. The molecule has 2 saturated heterocycles. The minimum Gasteiger partial charge on any atom is -0.508 e. The van der Waals surface area contributed by atoms with E-state index in [1.807, 2.05) is 97.9 Å². The predicted molar refractivity (Wildman–Crippen MR) is 216 cm³/mol. The number of amides is 4. The van der Waals surface area contributed by atoms with Crippen LogP contribution in [0.4, 0.5) is 5.69 Å². The third-order valence-electron chi connectivity index (χ3n) is 12.6. The van der Waals surface area contributed by atoms with Gasteiger partial charge in [0, 0.05) is 24.1 Å². The van der Waals surface area contributed by atoms with E-state index in [4.69, 9.17) is 4.74 Å². The lowest BCUT2D eigenvalue weighted by Crippen LogP contribution is -2.53. The van der Waals surface area contributed by atoms with Crippen molar-refractivity contribution in [3.05, 3.63) is 167 Å². The van der Waals surface area contributed by atoms with Gasteiger partial charge in [-0.3, -0.25) is 29.5 Å². The molecule has 5 aromatic rings. The van der Waals surface area contributed by atoms with E-state index in [0.717, 1.165) is 27.3 Å². The van der Waals surface area contributed by atoms with Gasteiger partial charge in [-0.25, -0.2) is 0 Å². The van der Waals surface area contributed by atoms with Crippen molar-refractivity contribution in [3.63, 3.8) is 0 Å². The van der Waals surface area contributed by atoms with Crippen LogP contribution in [0.2, 0.25) is 0 Å². The molecule has 10 heteroatoms. The maximum atomic E-state index is 15.4. The molecule has 9 rings (SSSR count). The van der Waals surface area contributed by atoms with Crippen LogP contribution in [0.15, 0.2) is 139 Å². The van der Waals surface area contributed by atoms with E-state index >= 15 is 4.79 Å². The van der Waals surface area contributed by atoms with Crippen molar-refractivity contribution < 1.29 is 34.1 Å². The third kappa shape index (κ3) is 6.11. The number of hydrogen-bond acceptors (Lipinski definition) is 8. The zero-order valence-corrected chi connectivity index (χ0v) is 32.0. The highest BCUT2D eigenvalue weighted by Crippen LogP contribution is 2.65. The number of nitrogens with one attached hydrogen (secondary N) is 1. The number of carbonyl (C=O) groups excluding carboxylic acids is 4. The van der Waals surface area contributed by atoms with Gasteiger partial charge in [0.2, 0.25) is 11.8 Å². The molecule has 4 amide bonds. The highest BCUT2D eigenvalue weighted by atomic mass is 16.5. The summed E-state index contributed by atoms with van der Waals surface area (Å²) in [6, 6.07) is 38.1. The molecule has 2 aliphatic heterocycles. The molecule has 4 aliphatic rings. The second-order valence-electron chi connectivity index (χ2n) is 15.8. The van der Waals surface area contributed by atoms with Gasteiger partial charge in [0.1, 0.15) is 23.9 Å². The summed E-state index contributed by atoms with van der Waals surface area (Å²) in [5, 5.41) is 22.9. The lowest BCUT2D eigenvalue weighted by atomic mass is 9.49. The molecular formula is C48H43N3O7. The number of nitrogens with zero attached hydrogens (tertiary/aromatic N) is 2. The van der Waals surface area contributed by atoms with Crippen LogP contribution in [0, 0.1) is 30.6 Å². The topological polar surface area (TPSA) is 136 Å². The number of aromatic hydroxyl groups is 2. The van der Waals surface area contributed by atoms with Crippen LogP contribution in [-0.4, -0.2) is 50.3 Å². The smallest absolute Gasteiger partial charge is 0.260 e. The van der Waals surface area contributed by atoms with Crippen molar-refractivity contribution in [2.75, 3.05) is 12.0 Å². The summed E-state index contributed by atoms with van der Waals surface area (Å²) in [7, 11) is 0. The number of aryl methyl sites for hydroxylation is 1. The van der Waals surface area contributed by atoms with Crippen molar-refractivity contribution in [2.24, 2.45) is 23.7 Å². The van der Waals surface area contributed by atoms with Gasteiger partial charge in [-0.2, -0.15) is 5.01 Å². The van der Waals surface area contributed by atoms with Crippen LogP contribution >= 0.6 is 0 Å². The molecule has 6 atom stereocenters. The lowest BCUT2D eigenvalue weighted by molar-refractivity contribution is -0.141. The summed E-state index contributed by atoms with van der Waals surface area (Å²) >= 11 is 0. The number of fused-ring (bicyclic) bond motifs is 4. The molecule has 292 valence electrons. The average Bonchev–Trinajstić information content (AvgIpc) is 3.61. The fourth-order valence-electron chi connectivity index (χ4n) is 9.88. The number of allylic oxidation sites excluding steroid dienone is 2. The van der Waals surface area contributed by atoms with E-state index in [1.165, 1.54) is 4.90 Å². The van der Waals surface area contributed by atoms with Gasteiger partial charge < -0.3 is 14.9 Å². The van der Waals surface area contributed by atoms with Crippen LogP contribution in [0.5, 0.6) is 17.2 Å². The number of hydrazine groups is 1. The number of benzene rings is 5. The first-order valence-corrected chi connectivity index (χ1v) is 19.7. The fourth-order valence-corrected chi connectivity index (χ4v) is 9.88. The van der Waals surface area contributed by atoms with Gasteiger partial charge >= 0.3 is 0 Å². The molecule has 58 heavy (non-hydrogen) atoms. The SMILES string of the molecule is Cc1ccc(NN2C(=O)C3CC4C(=CCC5C(=O)N(CCc6ccc(O)cc6)C(=O)C54)C(c4ccc(OCc5ccccc5)cc4O)C3(c3ccccc3)C2=O)cc1. The highest BCUT2D eigenvalue weighted by Gasteiger charge is 2.70. The molecule has 2 heterocycles. The van der Waals surface area contributed by atoms with Crippen LogP contribution in [0.1, 0.15) is 46.6 Å². The minimum absolute atomic E-state index is 0.108. The van der Waals surface area contributed by atoms with Crippen molar-refractivity contribution in [3.8, 4) is 17.2 Å². The summed E-state index contributed by atoms with van der Waals surface area (Å²) < 4.78 is 6.09. The minimum atomic E-state index is -1.51. The van der Waals surface area contributed by atoms with Crippen molar-refractivity contribution in [1.82, 2.24) is 9.91 Å². The van der Waals surface area contributed by atoms with E-state index in [0.29, 0.717) is 29.0 Å². The molecule has 0 radical (unpaired) electrons. The van der Waals surface area contributed by atoms with Crippen molar-refractivity contribution >= 4 is 29.3 Å². The predicted octanol–water partition coefficient (Wildman–Crippen LogP) is 7.21. The van der Waals surface area contributed by atoms with E-state index in [1.54, 1.807) is 42.5 Å². The first-order chi connectivity index (χ1) is 28.1. The van der Waals surface area contributed by atoms with Crippen LogP contribution < -0.4 is 10.2 Å². The van der Waals surface area contributed by atoms with E-state index in [9.17, 15) is 24.6 Å². The summed E-state index contributed by atoms with van der Waals surface area (Å²) in [5.41, 5.74) is 6.82. The first-order valence-electron chi connectivity index (χ1n) is 19.7. The quantitative estimate of drug-likeness (QED) is 0.100. The number of rotatable bonds is 10.